The van der Waals surface area contributed by atoms with Gasteiger partial charge in [-0.05, 0) is 37.1 Å². The molecule has 100 valence electrons. The maximum Gasteiger partial charge on any atom is 0.160 e. The maximum absolute atomic E-state index is 2.27. The molecule has 0 unspecified atom stereocenters. The molecule has 19 heavy (non-hydrogen) atoms. The van der Waals surface area contributed by atoms with E-state index in [1.807, 2.05) is 0 Å². The Labute approximate surface area is 120 Å². The minimum absolute atomic E-state index is 0.245. The van der Waals surface area contributed by atoms with Crippen molar-refractivity contribution in [2.24, 2.45) is 0 Å². The van der Waals surface area contributed by atoms with Gasteiger partial charge >= 0.3 is 0 Å². The van der Waals surface area contributed by atoms with Crippen molar-refractivity contribution in [3.8, 4) is 0 Å². The van der Waals surface area contributed by atoms with E-state index >= 15 is 0 Å². The third-order valence-corrected chi connectivity index (χ3v) is 5.64. The molecule has 0 fully saturated rings. The summed E-state index contributed by atoms with van der Waals surface area (Å²) in [7, 11) is 0.245. The summed E-state index contributed by atoms with van der Waals surface area (Å²) >= 11 is 0. The lowest BCUT2D eigenvalue weighted by atomic mass is 10.2. The van der Waals surface area contributed by atoms with Gasteiger partial charge in [0.05, 0.1) is 10.9 Å². The fourth-order valence-electron chi connectivity index (χ4n) is 2.21. The van der Waals surface area contributed by atoms with Crippen LogP contribution in [0.5, 0.6) is 0 Å². The molecule has 2 aromatic rings. The Morgan fingerprint density at radius 3 is 1.68 bits per heavy atom. The molecule has 0 aliphatic rings. The third kappa shape index (κ3) is 4.43. The minimum Gasteiger partial charge on any atom is -0.0654 e. The molecule has 0 spiro atoms. The summed E-state index contributed by atoms with van der Waals surface area (Å²) in [6, 6.07) is 21.9. The molecule has 0 saturated carbocycles. The first-order chi connectivity index (χ1) is 9.42. The number of rotatable bonds is 7. The monoisotopic (exact) mass is 271 g/mol. The van der Waals surface area contributed by atoms with Gasteiger partial charge < -0.3 is 0 Å². The average molecular weight is 271 g/mol. The summed E-state index contributed by atoms with van der Waals surface area (Å²) < 4.78 is 0. The van der Waals surface area contributed by atoms with Gasteiger partial charge in [-0.3, -0.25) is 0 Å². The molecule has 0 heterocycles. The number of hydrogen-bond donors (Lipinski definition) is 0. The summed E-state index contributed by atoms with van der Waals surface area (Å²) in [5.74, 6) is 1.29. The lowest BCUT2D eigenvalue weighted by Gasteiger charge is -2.08. The highest BCUT2D eigenvalue weighted by molar-refractivity contribution is 7.97. The van der Waals surface area contributed by atoms with Crippen LogP contribution in [0.1, 0.15) is 32.6 Å². The van der Waals surface area contributed by atoms with Crippen LogP contribution in [0.3, 0.4) is 0 Å². The van der Waals surface area contributed by atoms with Crippen molar-refractivity contribution in [1.82, 2.24) is 0 Å². The second-order valence-electron chi connectivity index (χ2n) is 4.78. The van der Waals surface area contributed by atoms with Gasteiger partial charge in [0.2, 0.25) is 0 Å². The molecule has 0 saturated heterocycles. The van der Waals surface area contributed by atoms with Crippen molar-refractivity contribution in [1.29, 1.82) is 0 Å². The SMILES string of the molecule is CCCCCC[S+](c1ccccc1)c1ccccc1. The Balaban J connectivity index is 2.10. The fourth-order valence-corrected chi connectivity index (χ4v) is 4.42. The van der Waals surface area contributed by atoms with Gasteiger partial charge in [0.1, 0.15) is 5.75 Å². The van der Waals surface area contributed by atoms with Crippen LogP contribution < -0.4 is 0 Å². The van der Waals surface area contributed by atoms with Crippen LogP contribution in [0.15, 0.2) is 70.5 Å². The van der Waals surface area contributed by atoms with Crippen LogP contribution in [0.2, 0.25) is 0 Å². The molecule has 0 aromatic heterocycles. The van der Waals surface area contributed by atoms with E-state index in [-0.39, 0.29) is 10.9 Å². The minimum atomic E-state index is 0.245. The molecule has 2 rings (SSSR count). The largest absolute Gasteiger partial charge is 0.160 e. The van der Waals surface area contributed by atoms with Crippen LogP contribution in [0.25, 0.3) is 0 Å². The zero-order valence-corrected chi connectivity index (χ0v) is 12.5. The zero-order chi connectivity index (χ0) is 13.3. The molecule has 1 heteroatoms. The number of unbranched alkanes of at least 4 members (excludes halogenated alkanes) is 3. The van der Waals surface area contributed by atoms with Gasteiger partial charge in [-0.2, -0.15) is 0 Å². The lowest BCUT2D eigenvalue weighted by Crippen LogP contribution is -2.08. The van der Waals surface area contributed by atoms with Crippen molar-refractivity contribution < 1.29 is 0 Å². The average Bonchev–Trinajstić information content (AvgIpc) is 2.49. The van der Waals surface area contributed by atoms with Crippen molar-refractivity contribution in [3.63, 3.8) is 0 Å². The Bertz CT molecular complexity index is 410. The van der Waals surface area contributed by atoms with E-state index in [2.05, 4.69) is 67.6 Å². The van der Waals surface area contributed by atoms with E-state index in [1.54, 1.807) is 0 Å². The molecule has 0 aliphatic heterocycles. The van der Waals surface area contributed by atoms with Gasteiger partial charge in [0.15, 0.2) is 9.79 Å². The second kappa shape index (κ2) is 8.06. The first kappa shape index (κ1) is 14.2. The van der Waals surface area contributed by atoms with Gasteiger partial charge in [0.25, 0.3) is 0 Å². The predicted octanol–water partition coefficient (Wildman–Crippen LogP) is 5.30. The van der Waals surface area contributed by atoms with Crippen LogP contribution in [-0.2, 0) is 10.9 Å². The smallest absolute Gasteiger partial charge is 0.0654 e. The van der Waals surface area contributed by atoms with E-state index in [1.165, 1.54) is 41.2 Å². The quantitative estimate of drug-likeness (QED) is 0.473. The van der Waals surface area contributed by atoms with Crippen LogP contribution in [-0.4, -0.2) is 5.75 Å². The lowest BCUT2D eigenvalue weighted by molar-refractivity contribution is 0.705. The Morgan fingerprint density at radius 2 is 1.21 bits per heavy atom. The van der Waals surface area contributed by atoms with Crippen LogP contribution in [0, 0.1) is 0 Å². The normalized spacial score (nSPS) is 10.8. The third-order valence-electron chi connectivity index (χ3n) is 3.26. The maximum atomic E-state index is 2.27. The molecule has 0 amide bonds. The van der Waals surface area contributed by atoms with E-state index < -0.39 is 0 Å². The first-order valence-electron chi connectivity index (χ1n) is 7.23. The Morgan fingerprint density at radius 1 is 0.684 bits per heavy atom. The molecule has 0 aliphatic carbocycles. The zero-order valence-electron chi connectivity index (χ0n) is 11.7. The van der Waals surface area contributed by atoms with Gasteiger partial charge in [0, 0.05) is 0 Å². The number of benzene rings is 2. The van der Waals surface area contributed by atoms with E-state index in [0.29, 0.717) is 0 Å². The highest BCUT2D eigenvalue weighted by Crippen LogP contribution is 2.24. The molecule has 0 nitrogen and oxygen atoms in total. The summed E-state index contributed by atoms with van der Waals surface area (Å²) in [5, 5.41) is 0. The van der Waals surface area contributed by atoms with Crippen molar-refractivity contribution in [2.45, 2.75) is 42.4 Å². The highest BCUT2D eigenvalue weighted by Gasteiger charge is 2.23. The van der Waals surface area contributed by atoms with Crippen molar-refractivity contribution in [2.75, 3.05) is 5.75 Å². The molecule has 0 atom stereocenters. The summed E-state index contributed by atoms with van der Waals surface area (Å²) in [5.41, 5.74) is 0. The molecule has 0 bridgehead atoms. The van der Waals surface area contributed by atoms with Gasteiger partial charge in [-0.15, -0.1) is 0 Å². The van der Waals surface area contributed by atoms with Crippen LogP contribution in [0.4, 0.5) is 0 Å². The van der Waals surface area contributed by atoms with E-state index in [4.69, 9.17) is 0 Å². The summed E-state index contributed by atoms with van der Waals surface area (Å²) in [4.78, 5) is 2.95. The summed E-state index contributed by atoms with van der Waals surface area (Å²) in [6.45, 7) is 2.27. The van der Waals surface area contributed by atoms with Gasteiger partial charge in [-0.1, -0.05) is 56.2 Å². The van der Waals surface area contributed by atoms with E-state index in [0.717, 1.165) is 0 Å². The number of hydrogen-bond acceptors (Lipinski definition) is 0. The molecular formula is C18H23S+. The predicted molar refractivity (Wildman–Crippen MR) is 85.8 cm³/mol. The molecule has 0 radical (unpaired) electrons. The topological polar surface area (TPSA) is 0 Å². The molecule has 0 N–H and O–H groups in total. The standard InChI is InChI=1S/C18H23S/c1-2-3-4-11-16-19(17-12-7-5-8-13-17)18-14-9-6-10-15-18/h5-10,12-15H,2-4,11,16H2,1H3/q+1. The van der Waals surface area contributed by atoms with E-state index in [9.17, 15) is 0 Å². The van der Waals surface area contributed by atoms with Gasteiger partial charge in [-0.25, -0.2) is 0 Å². The van der Waals surface area contributed by atoms with Crippen LogP contribution >= 0.6 is 0 Å². The molecule has 2 aromatic carbocycles. The highest BCUT2D eigenvalue weighted by atomic mass is 32.2. The first-order valence-corrected chi connectivity index (χ1v) is 8.62. The summed E-state index contributed by atoms with van der Waals surface area (Å²) in [6.07, 6.45) is 5.37. The van der Waals surface area contributed by atoms with Crippen molar-refractivity contribution in [3.05, 3.63) is 60.7 Å². The second-order valence-corrected chi connectivity index (χ2v) is 6.91. The Kier molecular flexibility index (Phi) is 6.03. The fraction of sp³-hybridized carbons (Fsp3) is 0.333. The van der Waals surface area contributed by atoms with Crippen molar-refractivity contribution >= 4 is 10.9 Å². The molecular weight excluding hydrogens is 248 g/mol. The Hall–Kier alpha value is -1.21.